The molecule has 0 saturated heterocycles. The third-order valence-corrected chi connectivity index (χ3v) is 2.95. The third kappa shape index (κ3) is 3.29. The molecule has 9 heteroatoms. The molecule has 1 fully saturated rings. The number of carbonyl (C=O) groups is 4. The first kappa shape index (κ1) is 17.5. The minimum Gasteiger partial charge on any atom is -0.550 e. The van der Waals surface area contributed by atoms with Crippen molar-refractivity contribution in [2.24, 2.45) is 23.7 Å². The fraction of sp³-hybridized carbons (Fsp3) is 0.556. The van der Waals surface area contributed by atoms with Crippen molar-refractivity contribution in [2.75, 3.05) is 0 Å². The monoisotopic (exact) mass is 284 g/mol. The van der Waals surface area contributed by atoms with Crippen LogP contribution in [-0.2, 0) is 19.2 Å². The van der Waals surface area contributed by atoms with E-state index in [9.17, 15) is 24.3 Å². The van der Waals surface area contributed by atoms with Crippen LogP contribution >= 0.6 is 0 Å². The molecule has 3 N–H and O–H groups in total. The van der Waals surface area contributed by atoms with Gasteiger partial charge in [-0.25, -0.2) is 0 Å². The first-order chi connectivity index (χ1) is 7.77. The van der Waals surface area contributed by atoms with E-state index in [0.29, 0.717) is 0 Å². The van der Waals surface area contributed by atoms with E-state index in [1.54, 1.807) is 0 Å². The van der Waals surface area contributed by atoms with Gasteiger partial charge in [0.25, 0.3) is 0 Å². The van der Waals surface area contributed by atoms with Crippen molar-refractivity contribution in [1.29, 1.82) is 0 Å². The summed E-state index contributed by atoms with van der Waals surface area (Å²) in [5.74, 6) is -13.2. The molecular formula is C9H9KO8. The van der Waals surface area contributed by atoms with Gasteiger partial charge in [-0.15, -0.1) is 0 Å². The standard InChI is InChI=1S/C9H10O8.K/c10-6(11)2-1-3(7(12)13)5(9(16)17)4(2)8(14)15;/h2-5H,1H2,(H,10,11)(H,12,13)(H,14,15)(H,16,17);/q;+1/p-1. The molecule has 0 amide bonds. The second kappa shape index (κ2) is 6.62. The Labute approximate surface area is 143 Å². The van der Waals surface area contributed by atoms with Crippen molar-refractivity contribution in [1.82, 2.24) is 0 Å². The van der Waals surface area contributed by atoms with Crippen LogP contribution in [-0.4, -0.2) is 39.2 Å². The van der Waals surface area contributed by atoms with Gasteiger partial charge >= 0.3 is 69.3 Å². The van der Waals surface area contributed by atoms with Gasteiger partial charge in [0.05, 0.1) is 17.8 Å². The van der Waals surface area contributed by atoms with Gasteiger partial charge in [-0.1, -0.05) is 0 Å². The fourth-order valence-corrected chi connectivity index (χ4v) is 2.22. The summed E-state index contributed by atoms with van der Waals surface area (Å²) in [6.45, 7) is 0. The summed E-state index contributed by atoms with van der Waals surface area (Å²) >= 11 is 0. The predicted octanol–water partition coefficient (Wildman–Crippen LogP) is -5.14. The quantitative estimate of drug-likeness (QED) is 0.433. The van der Waals surface area contributed by atoms with Crippen molar-refractivity contribution >= 4 is 23.9 Å². The molecule has 4 atom stereocenters. The van der Waals surface area contributed by atoms with Crippen LogP contribution in [0.5, 0.6) is 0 Å². The van der Waals surface area contributed by atoms with Crippen LogP contribution < -0.4 is 56.5 Å². The van der Waals surface area contributed by atoms with E-state index in [4.69, 9.17) is 15.3 Å². The van der Waals surface area contributed by atoms with Gasteiger partial charge in [0.1, 0.15) is 0 Å². The molecule has 0 spiro atoms. The minimum absolute atomic E-state index is 0. The zero-order valence-corrected chi connectivity index (χ0v) is 12.5. The van der Waals surface area contributed by atoms with Gasteiger partial charge in [0.15, 0.2) is 0 Å². The zero-order chi connectivity index (χ0) is 13.3. The summed E-state index contributed by atoms with van der Waals surface area (Å²) < 4.78 is 0. The van der Waals surface area contributed by atoms with Gasteiger partial charge in [-0.3, -0.25) is 14.4 Å². The summed E-state index contributed by atoms with van der Waals surface area (Å²) in [5.41, 5.74) is 0. The van der Waals surface area contributed by atoms with Crippen LogP contribution in [0.3, 0.4) is 0 Å². The molecule has 1 aliphatic carbocycles. The van der Waals surface area contributed by atoms with Gasteiger partial charge < -0.3 is 25.2 Å². The minimum atomic E-state index is -1.78. The molecule has 0 aliphatic heterocycles. The van der Waals surface area contributed by atoms with Crippen molar-refractivity contribution in [3.8, 4) is 0 Å². The van der Waals surface area contributed by atoms with Crippen LogP contribution in [0.4, 0.5) is 0 Å². The van der Waals surface area contributed by atoms with E-state index < -0.39 is 54.0 Å². The van der Waals surface area contributed by atoms with E-state index >= 15 is 0 Å². The largest absolute Gasteiger partial charge is 1.00 e. The van der Waals surface area contributed by atoms with Crippen molar-refractivity contribution in [2.45, 2.75) is 6.42 Å². The summed E-state index contributed by atoms with van der Waals surface area (Å²) in [7, 11) is 0. The molecule has 8 nitrogen and oxygen atoms in total. The Kier molecular flexibility index (Phi) is 6.44. The normalized spacial score (nSPS) is 30.2. The topological polar surface area (TPSA) is 152 Å². The Hall–Kier alpha value is -0.484. The number of rotatable bonds is 4. The van der Waals surface area contributed by atoms with Crippen LogP contribution in [0, 0.1) is 23.7 Å². The molecule has 0 radical (unpaired) electrons. The molecule has 1 aliphatic rings. The maximum absolute atomic E-state index is 10.9. The van der Waals surface area contributed by atoms with Gasteiger partial charge in [0.2, 0.25) is 0 Å². The molecular weight excluding hydrogens is 275 g/mol. The number of carbonyl (C=O) groups excluding carboxylic acids is 1. The smallest absolute Gasteiger partial charge is 0.550 e. The fourth-order valence-electron chi connectivity index (χ4n) is 2.22. The van der Waals surface area contributed by atoms with E-state index in [1.807, 2.05) is 0 Å². The summed E-state index contributed by atoms with van der Waals surface area (Å²) in [6.07, 6.45) is -0.550. The van der Waals surface area contributed by atoms with E-state index in [1.165, 1.54) is 0 Å². The molecule has 1 saturated carbocycles. The molecule has 0 aromatic heterocycles. The number of hydrogen-bond acceptors (Lipinski definition) is 5. The number of aliphatic carboxylic acids is 4. The average Bonchev–Trinajstić information content (AvgIpc) is 2.56. The zero-order valence-electron chi connectivity index (χ0n) is 9.40. The Morgan fingerprint density at radius 1 is 0.833 bits per heavy atom. The molecule has 4 unspecified atom stereocenters. The first-order valence-corrected chi connectivity index (χ1v) is 4.66. The number of carboxylic acids is 4. The van der Waals surface area contributed by atoms with Crippen LogP contribution in [0.25, 0.3) is 0 Å². The second-order valence-electron chi connectivity index (χ2n) is 3.83. The first-order valence-electron chi connectivity index (χ1n) is 4.66. The average molecular weight is 284 g/mol. The van der Waals surface area contributed by atoms with E-state index in [-0.39, 0.29) is 51.4 Å². The van der Waals surface area contributed by atoms with Crippen LogP contribution in [0.1, 0.15) is 6.42 Å². The Balaban J connectivity index is 0.00000289. The van der Waals surface area contributed by atoms with Gasteiger partial charge in [-0.05, 0) is 6.42 Å². The predicted molar refractivity (Wildman–Crippen MR) is 46.5 cm³/mol. The molecule has 0 bridgehead atoms. The third-order valence-electron chi connectivity index (χ3n) is 2.95. The summed E-state index contributed by atoms with van der Waals surface area (Å²) in [5, 5.41) is 37.1. The Morgan fingerprint density at radius 3 is 1.50 bits per heavy atom. The molecule has 0 aromatic carbocycles. The Morgan fingerprint density at radius 2 is 1.22 bits per heavy atom. The summed E-state index contributed by atoms with van der Waals surface area (Å²) in [4.78, 5) is 43.2. The van der Waals surface area contributed by atoms with Crippen molar-refractivity contribution in [3.63, 3.8) is 0 Å². The molecule has 0 heterocycles. The maximum atomic E-state index is 10.9. The van der Waals surface area contributed by atoms with Gasteiger partial charge in [0, 0.05) is 11.9 Å². The maximum Gasteiger partial charge on any atom is 1.00 e. The van der Waals surface area contributed by atoms with Gasteiger partial charge in [-0.2, -0.15) is 0 Å². The number of hydrogen-bond donors (Lipinski definition) is 3. The van der Waals surface area contributed by atoms with Crippen LogP contribution in [0.15, 0.2) is 0 Å². The number of carboxylic acid groups (broad SMARTS) is 4. The Bertz CT molecular complexity index is 356. The SMILES string of the molecule is O=C([O-])C1CC(C(=O)O)C(C(=O)O)C1C(=O)O.[K+]. The van der Waals surface area contributed by atoms with E-state index in [0.717, 1.165) is 0 Å². The second-order valence-corrected chi connectivity index (χ2v) is 3.83. The summed E-state index contributed by atoms with van der Waals surface area (Å²) in [6, 6.07) is 0. The van der Waals surface area contributed by atoms with Crippen LogP contribution in [0.2, 0.25) is 0 Å². The molecule has 0 aromatic rings. The van der Waals surface area contributed by atoms with E-state index in [2.05, 4.69) is 0 Å². The molecule has 18 heavy (non-hydrogen) atoms. The van der Waals surface area contributed by atoms with Crippen molar-refractivity contribution in [3.05, 3.63) is 0 Å². The molecule has 1 rings (SSSR count). The van der Waals surface area contributed by atoms with Crippen molar-refractivity contribution < 1.29 is 91.0 Å². The molecule has 94 valence electrons.